The first-order valence-electron chi connectivity index (χ1n) is 6.70. The number of carbonyl (C=O) groups excluding carboxylic acids is 1. The molecular weight excluding hydrogens is 461 g/mol. The van der Waals surface area contributed by atoms with Gasteiger partial charge in [-0.25, -0.2) is 4.98 Å². The van der Waals surface area contributed by atoms with Crippen LogP contribution in [0.1, 0.15) is 15.4 Å². The van der Waals surface area contributed by atoms with Gasteiger partial charge in [-0.15, -0.1) is 35.3 Å². The monoisotopic (exact) mass is 479 g/mol. The number of benzene rings is 1. The van der Waals surface area contributed by atoms with Crippen molar-refractivity contribution >= 4 is 69.9 Å². The third kappa shape index (κ3) is 7.69. The lowest BCUT2D eigenvalue weighted by molar-refractivity contribution is 0.0978. The van der Waals surface area contributed by atoms with E-state index < -0.39 is 0 Å². The van der Waals surface area contributed by atoms with Gasteiger partial charge in [0.05, 0.1) is 6.54 Å². The SMILES string of the molecule is CS/C(=N\CCSCc1nccs1)NC(=O)c1ccccc1.I. The van der Waals surface area contributed by atoms with Gasteiger partial charge in [-0.05, 0) is 18.4 Å². The lowest BCUT2D eigenvalue weighted by atomic mass is 10.2. The standard InChI is InChI=1S/C15H17N3OS3.HI/c1-20-15(18-14(19)12-5-3-2-4-6-12)17-7-9-21-11-13-16-8-10-22-13;/h2-6,8,10H,7,9,11H2,1H3,(H,17,18,19);1H. The van der Waals surface area contributed by atoms with E-state index in [2.05, 4.69) is 15.3 Å². The van der Waals surface area contributed by atoms with Crippen molar-refractivity contribution in [2.75, 3.05) is 18.6 Å². The largest absolute Gasteiger partial charge is 0.301 e. The molecule has 0 fully saturated rings. The highest BCUT2D eigenvalue weighted by molar-refractivity contribution is 14.0. The Morgan fingerprint density at radius 3 is 2.78 bits per heavy atom. The van der Waals surface area contributed by atoms with Crippen LogP contribution in [0.4, 0.5) is 0 Å². The first-order chi connectivity index (χ1) is 10.8. The van der Waals surface area contributed by atoms with E-state index >= 15 is 0 Å². The molecule has 2 rings (SSSR count). The Kier molecular flexibility index (Phi) is 10.6. The number of amides is 1. The summed E-state index contributed by atoms with van der Waals surface area (Å²) in [4.78, 5) is 20.7. The highest BCUT2D eigenvalue weighted by Crippen LogP contribution is 2.14. The van der Waals surface area contributed by atoms with Crippen molar-refractivity contribution in [3.63, 3.8) is 0 Å². The van der Waals surface area contributed by atoms with Gasteiger partial charge in [0.1, 0.15) is 5.01 Å². The molecule has 0 aliphatic carbocycles. The van der Waals surface area contributed by atoms with E-state index in [1.54, 1.807) is 35.2 Å². The Labute approximate surface area is 166 Å². The second-order valence-electron chi connectivity index (χ2n) is 4.19. The maximum Gasteiger partial charge on any atom is 0.257 e. The van der Waals surface area contributed by atoms with Gasteiger partial charge >= 0.3 is 0 Å². The smallest absolute Gasteiger partial charge is 0.257 e. The van der Waals surface area contributed by atoms with Crippen LogP contribution in [0, 0.1) is 0 Å². The molecule has 1 aromatic carbocycles. The fraction of sp³-hybridized carbons (Fsp3) is 0.267. The fourth-order valence-electron chi connectivity index (χ4n) is 1.61. The topological polar surface area (TPSA) is 54.4 Å². The minimum atomic E-state index is -0.121. The summed E-state index contributed by atoms with van der Waals surface area (Å²) in [6.45, 7) is 0.682. The number of thiazole rings is 1. The molecule has 124 valence electrons. The van der Waals surface area contributed by atoms with Gasteiger partial charge < -0.3 is 5.32 Å². The summed E-state index contributed by atoms with van der Waals surface area (Å²) >= 11 is 4.91. The van der Waals surface area contributed by atoms with Crippen LogP contribution in [-0.2, 0) is 5.75 Å². The third-order valence-corrected chi connectivity index (χ3v) is 5.18. The van der Waals surface area contributed by atoms with E-state index in [0.717, 1.165) is 16.5 Å². The Bertz CT molecular complexity index is 606. The van der Waals surface area contributed by atoms with Gasteiger partial charge in [-0.3, -0.25) is 9.79 Å². The highest BCUT2D eigenvalue weighted by atomic mass is 127. The van der Waals surface area contributed by atoms with Crippen molar-refractivity contribution in [2.24, 2.45) is 4.99 Å². The fourth-order valence-corrected chi connectivity index (χ4v) is 3.56. The molecule has 0 saturated carbocycles. The molecule has 0 aliphatic heterocycles. The molecule has 0 aliphatic rings. The van der Waals surface area contributed by atoms with Crippen molar-refractivity contribution < 1.29 is 4.79 Å². The molecule has 0 spiro atoms. The summed E-state index contributed by atoms with van der Waals surface area (Å²) in [5.74, 6) is 1.70. The lowest BCUT2D eigenvalue weighted by Crippen LogP contribution is -2.28. The second-order valence-corrected chi connectivity index (χ2v) is 7.07. The minimum absolute atomic E-state index is 0. The first kappa shape index (κ1) is 20.5. The van der Waals surface area contributed by atoms with Crippen LogP contribution in [0.3, 0.4) is 0 Å². The van der Waals surface area contributed by atoms with E-state index in [1.165, 1.54) is 11.8 Å². The molecule has 1 N–H and O–H groups in total. The number of aromatic nitrogens is 1. The summed E-state index contributed by atoms with van der Waals surface area (Å²) in [7, 11) is 0. The van der Waals surface area contributed by atoms with E-state index in [1.807, 2.05) is 36.0 Å². The minimum Gasteiger partial charge on any atom is -0.301 e. The second kappa shape index (κ2) is 11.9. The van der Waals surface area contributed by atoms with Crippen molar-refractivity contribution in [3.8, 4) is 0 Å². The number of thioether (sulfide) groups is 2. The number of carbonyl (C=O) groups is 1. The van der Waals surface area contributed by atoms with Gasteiger partial charge in [-0.1, -0.05) is 30.0 Å². The van der Waals surface area contributed by atoms with E-state index in [0.29, 0.717) is 17.3 Å². The lowest BCUT2D eigenvalue weighted by Gasteiger charge is -2.06. The molecule has 2 aromatic rings. The summed E-state index contributed by atoms with van der Waals surface area (Å²) in [6, 6.07) is 9.16. The third-order valence-electron chi connectivity index (χ3n) is 2.65. The zero-order valence-electron chi connectivity index (χ0n) is 12.6. The molecule has 23 heavy (non-hydrogen) atoms. The maximum atomic E-state index is 12.0. The molecule has 0 atom stereocenters. The van der Waals surface area contributed by atoms with Crippen LogP contribution in [0.15, 0.2) is 46.9 Å². The normalized spacial score (nSPS) is 10.9. The summed E-state index contributed by atoms with van der Waals surface area (Å²) in [5, 5.41) is 6.62. The molecule has 4 nitrogen and oxygen atoms in total. The summed E-state index contributed by atoms with van der Waals surface area (Å²) < 4.78 is 0. The number of nitrogens with zero attached hydrogens (tertiary/aromatic N) is 2. The first-order valence-corrected chi connectivity index (χ1v) is 9.96. The van der Waals surface area contributed by atoms with Crippen molar-refractivity contribution in [1.82, 2.24) is 10.3 Å². The Morgan fingerprint density at radius 1 is 1.35 bits per heavy atom. The Balaban J connectivity index is 0.00000264. The van der Waals surface area contributed by atoms with Gasteiger partial charge in [0.25, 0.3) is 5.91 Å². The number of hydrogen-bond donors (Lipinski definition) is 1. The number of rotatable bonds is 6. The molecule has 1 heterocycles. The van der Waals surface area contributed by atoms with Crippen LogP contribution in [0.5, 0.6) is 0 Å². The number of nitrogens with one attached hydrogen (secondary N) is 1. The van der Waals surface area contributed by atoms with E-state index in [-0.39, 0.29) is 29.9 Å². The Morgan fingerprint density at radius 2 is 2.13 bits per heavy atom. The number of hydrogen-bond acceptors (Lipinski definition) is 6. The predicted octanol–water partition coefficient (Wildman–Crippen LogP) is 4.14. The van der Waals surface area contributed by atoms with Gasteiger partial charge in [0.2, 0.25) is 0 Å². The number of halogens is 1. The van der Waals surface area contributed by atoms with Crippen LogP contribution < -0.4 is 5.32 Å². The highest BCUT2D eigenvalue weighted by Gasteiger charge is 2.07. The molecule has 1 amide bonds. The van der Waals surface area contributed by atoms with Crippen LogP contribution in [0.25, 0.3) is 0 Å². The van der Waals surface area contributed by atoms with Crippen LogP contribution >= 0.6 is 58.8 Å². The summed E-state index contributed by atoms with van der Waals surface area (Å²) in [6.07, 6.45) is 3.73. The van der Waals surface area contributed by atoms with Gasteiger partial charge in [0, 0.05) is 28.6 Å². The molecule has 0 saturated heterocycles. The predicted molar refractivity (Wildman–Crippen MR) is 113 cm³/mol. The molecule has 0 bridgehead atoms. The zero-order valence-corrected chi connectivity index (χ0v) is 17.4. The average molecular weight is 479 g/mol. The van der Waals surface area contributed by atoms with Crippen molar-refractivity contribution in [1.29, 1.82) is 0 Å². The quantitative estimate of drug-likeness (QED) is 0.293. The number of aliphatic imine (C=N–C) groups is 1. The van der Waals surface area contributed by atoms with E-state index in [9.17, 15) is 4.79 Å². The van der Waals surface area contributed by atoms with Gasteiger partial charge in [0.15, 0.2) is 5.17 Å². The van der Waals surface area contributed by atoms with Crippen LogP contribution in [-0.4, -0.2) is 34.6 Å². The Hall–Kier alpha value is -0.580. The molecule has 0 unspecified atom stereocenters. The summed E-state index contributed by atoms with van der Waals surface area (Å²) in [5.41, 5.74) is 0.641. The molecule has 8 heteroatoms. The van der Waals surface area contributed by atoms with Crippen molar-refractivity contribution in [3.05, 3.63) is 52.5 Å². The molecule has 1 aromatic heterocycles. The molecular formula is C15H18IN3OS3. The molecule has 0 radical (unpaired) electrons. The van der Waals surface area contributed by atoms with E-state index in [4.69, 9.17) is 0 Å². The number of amidine groups is 1. The maximum absolute atomic E-state index is 12.0. The van der Waals surface area contributed by atoms with Crippen LogP contribution in [0.2, 0.25) is 0 Å². The zero-order chi connectivity index (χ0) is 15.6. The van der Waals surface area contributed by atoms with Gasteiger partial charge in [-0.2, -0.15) is 11.8 Å². The van der Waals surface area contributed by atoms with Crippen molar-refractivity contribution in [2.45, 2.75) is 5.75 Å². The average Bonchev–Trinajstić information content (AvgIpc) is 3.07.